The quantitative estimate of drug-likeness (QED) is 0.487. The fourth-order valence-electron chi connectivity index (χ4n) is 2.82. The Morgan fingerprint density at radius 2 is 2.05 bits per heavy atom. The molecule has 1 unspecified atom stereocenters. The highest BCUT2D eigenvalue weighted by atomic mass is 16.2. The molecule has 0 radical (unpaired) electrons. The number of hydrogen-bond acceptors (Lipinski definition) is 4. The maximum absolute atomic E-state index is 11.7. The molecule has 1 fully saturated rings. The average molecular weight is 276 g/mol. The van der Waals surface area contributed by atoms with E-state index in [0.717, 1.165) is 32.6 Å². The van der Waals surface area contributed by atoms with Crippen LogP contribution in [0, 0.1) is 6.92 Å². The van der Waals surface area contributed by atoms with Crippen LogP contribution in [-0.2, 0) is 4.79 Å². The molecule has 1 saturated heterocycles. The van der Waals surface area contributed by atoms with Crippen molar-refractivity contribution in [2.75, 3.05) is 31.1 Å². The van der Waals surface area contributed by atoms with Crippen molar-refractivity contribution in [1.82, 2.24) is 10.3 Å². The van der Waals surface area contributed by atoms with Crippen molar-refractivity contribution >= 4 is 11.6 Å². The predicted molar refractivity (Wildman–Crippen MR) is 81.4 cm³/mol. The molecule has 0 spiro atoms. The lowest BCUT2D eigenvalue weighted by molar-refractivity contribution is -0.126. The summed E-state index contributed by atoms with van der Waals surface area (Å²) in [5.74, 6) is 5.17. The van der Waals surface area contributed by atoms with Gasteiger partial charge in [-0.3, -0.25) is 15.1 Å². The highest BCUT2D eigenvalue weighted by Crippen LogP contribution is 2.19. The van der Waals surface area contributed by atoms with Gasteiger partial charge in [-0.2, -0.15) is 0 Å². The molecule has 1 aliphatic heterocycles. The molecule has 1 aliphatic rings. The Balaban J connectivity index is 1.96. The summed E-state index contributed by atoms with van der Waals surface area (Å²) in [5, 5.41) is 0. The summed E-state index contributed by atoms with van der Waals surface area (Å²) < 4.78 is 0. The summed E-state index contributed by atoms with van der Waals surface area (Å²) in [7, 11) is 0. The number of benzene rings is 1. The number of nitrogens with zero attached hydrogens (tertiary/aromatic N) is 2. The zero-order valence-corrected chi connectivity index (χ0v) is 12.3. The molecule has 1 aromatic rings. The smallest absolute Gasteiger partial charge is 0.251 e. The standard InChI is InChI=1S/C15H24N4O/c1-3-14(15(20)17-16)19-9-7-18(8-10-19)13-6-4-5-12(2)11-13/h4-6,11,14H,3,7-10,16H2,1-2H3,(H,17,20). The van der Waals surface area contributed by atoms with Crippen molar-refractivity contribution in [3.05, 3.63) is 29.8 Å². The summed E-state index contributed by atoms with van der Waals surface area (Å²) in [6.45, 7) is 7.79. The van der Waals surface area contributed by atoms with Crippen LogP contribution in [0.3, 0.4) is 0 Å². The summed E-state index contributed by atoms with van der Waals surface area (Å²) >= 11 is 0. The molecule has 2 rings (SSSR count). The third-order valence-corrected chi connectivity index (χ3v) is 3.95. The van der Waals surface area contributed by atoms with E-state index in [2.05, 4.69) is 46.4 Å². The summed E-state index contributed by atoms with van der Waals surface area (Å²) in [5.41, 5.74) is 4.81. The Labute approximate surface area is 120 Å². The van der Waals surface area contributed by atoms with Crippen molar-refractivity contribution in [2.45, 2.75) is 26.3 Å². The lowest BCUT2D eigenvalue weighted by Gasteiger charge is -2.39. The fraction of sp³-hybridized carbons (Fsp3) is 0.533. The third-order valence-electron chi connectivity index (χ3n) is 3.95. The van der Waals surface area contributed by atoms with Gasteiger partial charge in [0.15, 0.2) is 0 Å². The molecule has 5 nitrogen and oxygen atoms in total. The molecule has 5 heteroatoms. The van der Waals surface area contributed by atoms with Crippen molar-refractivity contribution in [3.63, 3.8) is 0 Å². The van der Waals surface area contributed by atoms with Crippen LogP contribution in [0.25, 0.3) is 0 Å². The van der Waals surface area contributed by atoms with E-state index in [1.807, 2.05) is 6.92 Å². The summed E-state index contributed by atoms with van der Waals surface area (Å²) in [4.78, 5) is 16.3. The SMILES string of the molecule is CCC(C(=O)NN)N1CCN(c2cccc(C)c2)CC1. The normalized spacial score (nSPS) is 17.9. The van der Waals surface area contributed by atoms with Gasteiger partial charge >= 0.3 is 0 Å². The zero-order chi connectivity index (χ0) is 14.5. The molecule has 110 valence electrons. The number of anilines is 1. The van der Waals surface area contributed by atoms with Gasteiger partial charge in [0.05, 0.1) is 6.04 Å². The summed E-state index contributed by atoms with van der Waals surface area (Å²) in [6.07, 6.45) is 0.785. The highest BCUT2D eigenvalue weighted by Gasteiger charge is 2.27. The van der Waals surface area contributed by atoms with Crippen LogP contribution in [0.15, 0.2) is 24.3 Å². The minimum Gasteiger partial charge on any atom is -0.369 e. The van der Waals surface area contributed by atoms with Gasteiger partial charge < -0.3 is 4.90 Å². The first-order valence-corrected chi connectivity index (χ1v) is 7.21. The van der Waals surface area contributed by atoms with Crippen LogP contribution in [-0.4, -0.2) is 43.0 Å². The molecule has 1 atom stereocenters. The number of hydrogen-bond donors (Lipinski definition) is 2. The first-order chi connectivity index (χ1) is 9.65. The number of carbonyl (C=O) groups excluding carboxylic acids is 1. The molecule has 0 bridgehead atoms. The molecule has 0 aromatic heterocycles. The van der Waals surface area contributed by atoms with Crippen LogP contribution in [0.2, 0.25) is 0 Å². The van der Waals surface area contributed by atoms with Gasteiger partial charge in [-0.1, -0.05) is 19.1 Å². The number of nitrogens with two attached hydrogens (primary N) is 1. The number of rotatable bonds is 4. The monoisotopic (exact) mass is 276 g/mol. The van der Waals surface area contributed by atoms with Crippen molar-refractivity contribution in [1.29, 1.82) is 0 Å². The molecule has 1 aromatic carbocycles. The number of carbonyl (C=O) groups is 1. The van der Waals surface area contributed by atoms with Crippen LogP contribution in [0.1, 0.15) is 18.9 Å². The van der Waals surface area contributed by atoms with Crippen LogP contribution >= 0.6 is 0 Å². The van der Waals surface area contributed by atoms with Crippen LogP contribution in [0.5, 0.6) is 0 Å². The van der Waals surface area contributed by atoms with Gasteiger partial charge in [-0.25, -0.2) is 5.84 Å². The predicted octanol–water partition coefficient (Wildman–Crippen LogP) is 0.886. The fourth-order valence-corrected chi connectivity index (χ4v) is 2.82. The summed E-state index contributed by atoms with van der Waals surface area (Å²) in [6, 6.07) is 8.44. The number of nitrogens with one attached hydrogen (secondary N) is 1. The second-order valence-electron chi connectivity index (χ2n) is 5.29. The Bertz CT molecular complexity index is 455. The van der Waals surface area contributed by atoms with E-state index >= 15 is 0 Å². The molecule has 0 saturated carbocycles. The van der Waals surface area contributed by atoms with Gasteiger partial charge in [-0.15, -0.1) is 0 Å². The lowest BCUT2D eigenvalue weighted by Crippen LogP contribution is -2.55. The molecular weight excluding hydrogens is 252 g/mol. The van der Waals surface area contributed by atoms with E-state index in [1.165, 1.54) is 11.3 Å². The Morgan fingerprint density at radius 1 is 1.35 bits per heavy atom. The van der Waals surface area contributed by atoms with Gasteiger partial charge in [0, 0.05) is 31.9 Å². The van der Waals surface area contributed by atoms with Crippen molar-refractivity contribution in [3.8, 4) is 0 Å². The van der Waals surface area contributed by atoms with E-state index in [1.54, 1.807) is 0 Å². The molecule has 1 heterocycles. The Morgan fingerprint density at radius 3 is 2.60 bits per heavy atom. The highest BCUT2D eigenvalue weighted by molar-refractivity contribution is 5.81. The maximum Gasteiger partial charge on any atom is 0.251 e. The molecule has 20 heavy (non-hydrogen) atoms. The van der Waals surface area contributed by atoms with E-state index in [-0.39, 0.29) is 11.9 Å². The van der Waals surface area contributed by atoms with E-state index < -0.39 is 0 Å². The molecule has 0 aliphatic carbocycles. The minimum absolute atomic E-state index is 0.0866. The number of amides is 1. The van der Waals surface area contributed by atoms with Gasteiger partial charge in [0.25, 0.3) is 5.91 Å². The Hall–Kier alpha value is -1.59. The van der Waals surface area contributed by atoms with Crippen molar-refractivity contribution < 1.29 is 4.79 Å². The van der Waals surface area contributed by atoms with E-state index in [9.17, 15) is 4.79 Å². The average Bonchev–Trinajstić information content (AvgIpc) is 2.48. The van der Waals surface area contributed by atoms with Gasteiger partial charge in [-0.05, 0) is 31.0 Å². The number of piperazine rings is 1. The topological polar surface area (TPSA) is 61.6 Å². The second kappa shape index (κ2) is 6.72. The maximum atomic E-state index is 11.7. The molecule has 1 amide bonds. The van der Waals surface area contributed by atoms with Crippen LogP contribution in [0.4, 0.5) is 5.69 Å². The minimum atomic E-state index is -0.111. The van der Waals surface area contributed by atoms with Gasteiger partial charge in [0.2, 0.25) is 0 Å². The van der Waals surface area contributed by atoms with E-state index in [4.69, 9.17) is 5.84 Å². The zero-order valence-electron chi connectivity index (χ0n) is 12.3. The second-order valence-corrected chi connectivity index (χ2v) is 5.29. The van der Waals surface area contributed by atoms with E-state index in [0.29, 0.717) is 0 Å². The molecular formula is C15H24N4O. The van der Waals surface area contributed by atoms with Crippen LogP contribution < -0.4 is 16.2 Å². The largest absolute Gasteiger partial charge is 0.369 e. The Kier molecular flexibility index (Phi) is 4.98. The first kappa shape index (κ1) is 14.8. The van der Waals surface area contributed by atoms with Gasteiger partial charge in [0.1, 0.15) is 0 Å². The number of aryl methyl sites for hydroxylation is 1. The number of hydrazine groups is 1. The lowest BCUT2D eigenvalue weighted by atomic mass is 10.1. The third kappa shape index (κ3) is 3.29. The van der Waals surface area contributed by atoms with Crippen molar-refractivity contribution in [2.24, 2.45) is 5.84 Å². The first-order valence-electron chi connectivity index (χ1n) is 7.21. The molecule has 3 N–H and O–H groups in total.